The van der Waals surface area contributed by atoms with Gasteiger partial charge in [0, 0.05) is 6.42 Å². The van der Waals surface area contributed by atoms with E-state index in [9.17, 15) is 40.5 Å². The Balaban J connectivity index is 1.76. The molecule has 0 bridgehead atoms. The van der Waals surface area contributed by atoms with E-state index >= 15 is 0 Å². The van der Waals surface area contributed by atoms with Crippen molar-refractivity contribution in [2.24, 2.45) is 0 Å². The standard InChI is InChI=1S/C24H44O12/c1-2-3-4-5-6-7-8-9-10-11-16(26)33-13-15-18(28)20(30)22(32)24(35-15)36-23-21(31)19(29)17(27)14(12-25)34-23/h14-15,17-25,27-32H,2-13H2,1H3/t14-,15+,17-,18-,19-,20-,21+,22+,23-,24-/m1/s1. The second kappa shape index (κ2) is 16.1. The van der Waals surface area contributed by atoms with Crippen molar-refractivity contribution in [3.63, 3.8) is 0 Å². The average Bonchev–Trinajstić information content (AvgIpc) is 2.87. The van der Waals surface area contributed by atoms with E-state index in [4.69, 9.17) is 18.9 Å². The molecule has 0 aromatic carbocycles. The van der Waals surface area contributed by atoms with Gasteiger partial charge in [-0.1, -0.05) is 58.3 Å². The zero-order chi connectivity index (χ0) is 26.7. The van der Waals surface area contributed by atoms with E-state index in [0.29, 0.717) is 6.42 Å². The van der Waals surface area contributed by atoms with Gasteiger partial charge in [0.1, 0.15) is 55.4 Å². The third kappa shape index (κ3) is 9.12. The molecule has 0 aromatic rings. The minimum absolute atomic E-state index is 0.203. The van der Waals surface area contributed by atoms with Gasteiger partial charge in [-0.2, -0.15) is 0 Å². The summed E-state index contributed by atoms with van der Waals surface area (Å²) in [6.07, 6.45) is -5.76. The summed E-state index contributed by atoms with van der Waals surface area (Å²) >= 11 is 0. The van der Waals surface area contributed by atoms with Crippen LogP contribution in [0.1, 0.15) is 71.1 Å². The zero-order valence-corrected chi connectivity index (χ0v) is 20.9. The Kier molecular flexibility index (Phi) is 14.0. The Hall–Kier alpha value is -0.930. The number of carbonyl (C=O) groups excluding carboxylic acids is 1. The SMILES string of the molecule is CCCCCCCCCCCC(=O)OC[C@@H]1O[C@H](O[C@H]2O[C@H](CO)[C@@H](O)[C@@H](O)[C@@H]2O)[C@@H](O)[C@H](O)[C@@H]1O. The third-order valence-electron chi connectivity index (χ3n) is 6.68. The average molecular weight is 525 g/mol. The summed E-state index contributed by atoms with van der Waals surface area (Å²) in [5.41, 5.74) is 0. The summed E-state index contributed by atoms with van der Waals surface area (Å²) < 4.78 is 21.2. The van der Waals surface area contributed by atoms with Gasteiger partial charge in [0.25, 0.3) is 0 Å². The summed E-state index contributed by atoms with van der Waals surface area (Å²) in [7, 11) is 0. The molecule has 2 aliphatic heterocycles. The molecule has 0 spiro atoms. The number of aliphatic hydroxyl groups is 7. The minimum Gasteiger partial charge on any atom is -0.463 e. The molecular formula is C24H44O12. The van der Waals surface area contributed by atoms with E-state index in [1.54, 1.807) is 0 Å². The van der Waals surface area contributed by atoms with Crippen LogP contribution < -0.4 is 0 Å². The second-order valence-corrected chi connectivity index (χ2v) is 9.61. The molecular weight excluding hydrogens is 480 g/mol. The van der Waals surface area contributed by atoms with Crippen LogP contribution >= 0.6 is 0 Å². The first-order chi connectivity index (χ1) is 17.2. The van der Waals surface area contributed by atoms with Crippen LogP contribution in [0, 0.1) is 0 Å². The van der Waals surface area contributed by atoms with Crippen molar-refractivity contribution in [1.82, 2.24) is 0 Å². The second-order valence-electron chi connectivity index (χ2n) is 9.61. The molecule has 2 saturated heterocycles. The summed E-state index contributed by atoms with van der Waals surface area (Å²) in [4.78, 5) is 12.1. The number of aliphatic hydroxyl groups excluding tert-OH is 7. The van der Waals surface area contributed by atoms with Gasteiger partial charge >= 0.3 is 5.97 Å². The molecule has 212 valence electrons. The maximum Gasteiger partial charge on any atom is 0.305 e. The van der Waals surface area contributed by atoms with Gasteiger partial charge in [-0.15, -0.1) is 0 Å². The molecule has 36 heavy (non-hydrogen) atoms. The van der Waals surface area contributed by atoms with Crippen LogP contribution in [0.2, 0.25) is 0 Å². The molecule has 7 N–H and O–H groups in total. The van der Waals surface area contributed by atoms with Crippen molar-refractivity contribution < 1.29 is 59.5 Å². The van der Waals surface area contributed by atoms with Gasteiger partial charge in [-0.3, -0.25) is 4.79 Å². The summed E-state index contributed by atoms with van der Waals surface area (Å²) in [6, 6.07) is 0. The molecule has 12 heteroatoms. The fourth-order valence-electron chi connectivity index (χ4n) is 4.31. The van der Waals surface area contributed by atoms with Gasteiger partial charge in [-0.25, -0.2) is 0 Å². The molecule has 0 saturated carbocycles. The normalized spacial score (nSPS) is 37.1. The van der Waals surface area contributed by atoms with E-state index in [0.717, 1.165) is 19.3 Å². The molecule has 2 aliphatic rings. The Labute approximate surface area is 211 Å². The fraction of sp³-hybridized carbons (Fsp3) is 0.958. The Morgan fingerprint density at radius 2 is 1.14 bits per heavy atom. The lowest BCUT2D eigenvalue weighted by molar-refractivity contribution is -0.376. The molecule has 0 aromatic heterocycles. The number of hydrogen-bond donors (Lipinski definition) is 7. The van der Waals surface area contributed by atoms with Crippen molar-refractivity contribution in [3.05, 3.63) is 0 Å². The Bertz CT molecular complexity index is 620. The van der Waals surface area contributed by atoms with Gasteiger partial charge in [0.15, 0.2) is 12.6 Å². The molecule has 12 nitrogen and oxygen atoms in total. The first-order valence-electron chi connectivity index (χ1n) is 13.0. The molecule has 2 heterocycles. The lowest BCUT2D eigenvalue weighted by Crippen LogP contribution is -2.63. The number of hydrogen-bond acceptors (Lipinski definition) is 12. The highest BCUT2D eigenvalue weighted by molar-refractivity contribution is 5.69. The van der Waals surface area contributed by atoms with E-state index in [1.807, 2.05) is 0 Å². The van der Waals surface area contributed by atoms with E-state index in [1.165, 1.54) is 32.1 Å². The van der Waals surface area contributed by atoms with Crippen LogP contribution in [0.15, 0.2) is 0 Å². The highest BCUT2D eigenvalue weighted by Crippen LogP contribution is 2.28. The first-order valence-corrected chi connectivity index (χ1v) is 13.0. The zero-order valence-electron chi connectivity index (χ0n) is 20.9. The molecule has 0 aliphatic carbocycles. The minimum atomic E-state index is -1.76. The number of rotatable bonds is 15. The lowest BCUT2D eigenvalue weighted by atomic mass is 9.98. The summed E-state index contributed by atoms with van der Waals surface area (Å²) in [5, 5.41) is 69.8. The Morgan fingerprint density at radius 3 is 1.67 bits per heavy atom. The van der Waals surface area contributed by atoms with Crippen LogP contribution in [0.5, 0.6) is 0 Å². The van der Waals surface area contributed by atoms with Gasteiger partial charge in [-0.05, 0) is 6.42 Å². The van der Waals surface area contributed by atoms with Crippen LogP contribution in [0.25, 0.3) is 0 Å². The van der Waals surface area contributed by atoms with E-state index in [2.05, 4.69) is 6.92 Å². The van der Waals surface area contributed by atoms with Gasteiger partial charge in [0.05, 0.1) is 6.61 Å². The van der Waals surface area contributed by atoms with Crippen molar-refractivity contribution >= 4 is 5.97 Å². The monoisotopic (exact) mass is 524 g/mol. The van der Waals surface area contributed by atoms with Gasteiger partial charge < -0.3 is 54.7 Å². The van der Waals surface area contributed by atoms with E-state index in [-0.39, 0.29) is 6.42 Å². The molecule has 0 amide bonds. The van der Waals surface area contributed by atoms with Crippen LogP contribution in [-0.2, 0) is 23.7 Å². The van der Waals surface area contributed by atoms with Crippen molar-refractivity contribution in [1.29, 1.82) is 0 Å². The highest BCUT2D eigenvalue weighted by Gasteiger charge is 2.49. The number of carbonyl (C=O) groups is 1. The van der Waals surface area contributed by atoms with Crippen molar-refractivity contribution in [3.8, 4) is 0 Å². The number of unbranched alkanes of at least 4 members (excludes halogenated alkanes) is 8. The smallest absolute Gasteiger partial charge is 0.305 e. The van der Waals surface area contributed by atoms with Crippen LogP contribution in [0.3, 0.4) is 0 Å². The topological polar surface area (TPSA) is 196 Å². The molecule has 10 atom stereocenters. The molecule has 2 rings (SSSR count). The summed E-state index contributed by atoms with van der Waals surface area (Å²) in [6.45, 7) is 1.09. The molecule has 0 radical (unpaired) electrons. The number of esters is 1. The third-order valence-corrected chi connectivity index (χ3v) is 6.68. The predicted octanol–water partition coefficient (Wildman–Crippen LogP) is -0.925. The maximum atomic E-state index is 12.1. The molecule has 2 fully saturated rings. The quantitative estimate of drug-likeness (QED) is 0.103. The fourth-order valence-corrected chi connectivity index (χ4v) is 4.31. The number of ether oxygens (including phenoxy) is 4. The van der Waals surface area contributed by atoms with Crippen LogP contribution in [0.4, 0.5) is 0 Å². The Morgan fingerprint density at radius 1 is 0.667 bits per heavy atom. The summed E-state index contributed by atoms with van der Waals surface area (Å²) in [5.74, 6) is -0.485. The van der Waals surface area contributed by atoms with E-state index < -0.39 is 80.6 Å². The first kappa shape index (κ1) is 31.3. The molecule has 0 unspecified atom stereocenters. The lowest BCUT2D eigenvalue weighted by Gasteiger charge is -2.44. The van der Waals surface area contributed by atoms with Gasteiger partial charge in [0.2, 0.25) is 0 Å². The van der Waals surface area contributed by atoms with Crippen molar-refractivity contribution in [2.75, 3.05) is 13.2 Å². The maximum absolute atomic E-state index is 12.1. The predicted molar refractivity (Wildman–Crippen MR) is 124 cm³/mol. The highest BCUT2D eigenvalue weighted by atomic mass is 16.8. The van der Waals surface area contributed by atoms with Crippen LogP contribution in [-0.4, -0.2) is 116 Å². The van der Waals surface area contributed by atoms with Crippen molar-refractivity contribution in [2.45, 2.75) is 133 Å². The largest absolute Gasteiger partial charge is 0.463 e.